The molecule has 2 amide bonds. The van der Waals surface area contributed by atoms with Gasteiger partial charge in [0.1, 0.15) is 0 Å². The monoisotopic (exact) mass is 340 g/mol. The zero-order valence-electron chi connectivity index (χ0n) is 15.0. The van der Waals surface area contributed by atoms with Crippen molar-refractivity contribution in [2.24, 2.45) is 17.8 Å². The minimum Gasteiger partial charge on any atom is -0.352 e. The second-order valence-electron chi connectivity index (χ2n) is 8.57. The number of rotatable bonds is 5. The Bertz CT molecular complexity index is 647. The summed E-state index contributed by atoms with van der Waals surface area (Å²) in [6.07, 6.45) is 7.99. The number of amides is 2. The molecule has 0 spiro atoms. The maximum Gasteiger partial charge on any atom is 0.251 e. The molecule has 4 fully saturated rings. The van der Waals surface area contributed by atoms with Gasteiger partial charge >= 0.3 is 0 Å². The lowest BCUT2D eigenvalue weighted by Crippen LogP contribution is -2.60. The van der Waals surface area contributed by atoms with Crippen molar-refractivity contribution in [3.05, 3.63) is 35.4 Å². The highest BCUT2D eigenvalue weighted by Crippen LogP contribution is 2.55. The molecule has 25 heavy (non-hydrogen) atoms. The summed E-state index contributed by atoms with van der Waals surface area (Å²) in [6, 6.07) is 7.53. The summed E-state index contributed by atoms with van der Waals surface area (Å²) in [5, 5.41) is 6.24. The first kappa shape index (κ1) is 16.6. The van der Waals surface area contributed by atoms with Crippen molar-refractivity contribution in [1.82, 2.24) is 10.6 Å². The molecule has 4 nitrogen and oxygen atoms in total. The van der Waals surface area contributed by atoms with E-state index in [1.54, 1.807) is 0 Å². The van der Waals surface area contributed by atoms with Gasteiger partial charge in [0.2, 0.25) is 5.91 Å². The second-order valence-corrected chi connectivity index (χ2v) is 8.57. The Morgan fingerprint density at radius 1 is 1.04 bits per heavy atom. The van der Waals surface area contributed by atoms with Crippen LogP contribution in [0.1, 0.15) is 60.9 Å². The first-order valence-electron chi connectivity index (χ1n) is 9.68. The SMILES string of the molecule is Cc1ccccc1C(=O)NCCC(=O)NC12CC3CC(CC(C3)C1)C2. The molecule has 4 aliphatic rings. The summed E-state index contributed by atoms with van der Waals surface area (Å²) < 4.78 is 0. The standard InChI is InChI=1S/C21H28N2O2/c1-14-4-2-3-5-18(14)20(25)22-7-6-19(24)23-21-11-15-8-16(12-21)10-17(9-15)13-21/h2-5,15-17H,6-13H2,1H3,(H,22,25)(H,23,24). The Hall–Kier alpha value is -1.84. The molecule has 134 valence electrons. The van der Waals surface area contributed by atoms with Crippen molar-refractivity contribution in [1.29, 1.82) is 0 Å². The second kappa shape index (κ2) is 6.47. The average Bonchev–Trinajstić information content (AvgIpc) is 2.53. The molecule has 0 aromatic heterocycles. The molecule has 0 saturated heterocycles. The fourth-order valence-corrected chi connectivity index (χ4v) is 5.83. The van der Waals surface area contributed by atoms with Crippen molar-refractivity contribution in [3.8, 4) is 0 Å². The van der Waals surface area contributed by atoms with Gasteiger partial charge in [-0.15, -0.1) is 0 Å². The van der Waals surface area contributed by atoms with Gasteiger partial charge in [-0.2, -0.15) is 0 Å². The smallest absolute Gasteiger partial charge is 0.251 e. The van der Waals surface area contributed by atoms with E-state index in [4.69, 9.17) is 0 Å². The maximum atomic E-state index is 12.5. The lowest BCUT2D eigenvalue weighted by molar-refractivity contribution is -0.126. The van der Waals surface area contributed by atoms with Crippen LogP contribution in [0.3, 0.4) is 0 Å². The number of carbonyl (C=O) groups excluding carboxylic acids is 2. The van der Waals surface area contributed by atoms with Gasteiger partial charge in [-0.1, -0.05) is 18.2 Å². The van der Waals surface area contributed by atoms with Crippen molar-refractivity contribution in [3.63, 3.8) is 0 Å². The summed E-state index contributed by atoms with van der Waals surface area (Å²) in [5.41, 5.74) is 1.70. The molecule has 4 bridgehead atoms. The summed E-state index contributed by atoms with van der Waals surface area (Å²) >= 11 is 0. The number of benzene rings is 1. The van der Waals surface area contributed by atoms with Gasteiger partial charge in [0, 0.05) is 24.1 Å². The van der Waals surface area contributed by atoms with Crippen LogP contribution in [0.25, 0.3) is 0 Å². The van der Waals surface area contributed by atoms with Gasteiger partial charge in [0.05, 0.1) is 0 Å². The van der Waals surface area contributed by atoms with Crippen LogP contribution in [0, 0.1) is 24.7 Å². The lowest BCUT2D eigenvalue weighted by atomic mass is 9.53. The quantitative estimate of drug-likeness (QED) is 0.865. The van der Waals surface area contributed by atoms with Crippen LogP contribution in [0.15, 0.2) is 24.3 Å². The highest BCUT2D eigenvalue weighted by Gasteiger charge is 2.51. The summed E-state index contributed by atoms with van der Waals surface area (Å²) in [4.78, 5) is 24.7. The van der Waals surface area contributed by atoms with Crippen molar-refractivity contribution in [2.75, 3.05) is 6.54 Å². The van der Waals surface area contributed by atoms with Crippen LogP contribution < -0.4 is 10.6 Å². The molecule has 4 aliphatic carbocycles. The predicted octanol–water partition coefficient (Wildman–Crippen LogP) is 3.20. The molecule has 4 heteroatoms. The number of hydrogen-bond acceptors (Lipinski definition) is 2. The van der Waals surface area contributed by atoms with Gasteiger partial charge in [-0.3, -0.25) is 9.59 Å². The first-order chi connectivity index (χ1) is 12.0. The van der Waals surface area contributed by atoms with Crippen LogP contribution in [0.5, 0.6) is 0 Å². The largest absolute Gasteiger partial charge is 0.352 e. The Morgan fingerprint density at radius 2 is 1.64 bits per heavy atom. The molecule has 2 N–H and O–H groups in total. The van der Waals surface area contributed by atoms with Crippen LogP contribution in [-0.4, -0.2) is 23.9 Å². The Labute approximate surface area is 149 Å². The van der Waals surface area contributed by atoms with Crippen molar-refractivity contribution in [2.45, 2.75) is 57.4 Å². The maximum absolute atomic E-state index is 12.5. The van der Waals surface area contributed by atoms with Crippen LogP contribution >= 0.6 is 0 Å². The Morgan fingerprint density at radius 3 is 2.24 bits per heavy atom. The normalized spacial score (nSPS) is 32.4. The number of hydrogen-bond donors (Lipinski definition) is 2. The third-order valence-electron chi connectivity index (χ3n) is 6.47. The summed E-state index contributed by atoms with van der Waals surface area (Å²) in [5.74, 6) is 2.47. The molecule has 0 heterocycles. The predicted molar refractivity (Wildman–Crippen MR) is 97.2 cm³/mol. The van der Waals surface area contributed by atoms with Crippen LogP contribution in [0.4, 0.5) is 0 Å². The molecule has 1 aromatic rings. The molecule has 0 radical (unpaired) electrons. The fraction of sp³-hybridized carbons (Fsp3) is 0.619. The fourth-order valence-electron chi connectivity index (χ4n) is 5.83. The number of aryl methyl sites for hydroxylation is 1. The summed E-state index contributed by atoms with van der Waals surface area (Å²) in [7, 11) is 0. The van der Waals surface area contributed by atoms with E-state index < -0.39 is 0 Å². The number of carbonyl (C=O) groups is 2. The van der Waals surface area contributed by atoms with Crippen molar-refractivity contribution < 1.29 is 9.59 Å². The summed E-state index contributed by atoms with van der Waals surface area (Å²) in [6.45, 7) is 2.32. The highest BCUT2D eigenvalue weighted by molar-refractivity contribution is 5.95. The highest BCUT2D eigenvalue weighted by atomic mass is 16.2. The Kier molecular flexibility index (Phi) is 4.30. The lowest BCUT2D eigenvalue weighted by Gasteiger charge is -2.56. The zero-order valence-corrected chi connectivity index (χ0v) is 15.0. The average molecular weight is 340 g/mol. The third-order valence-corrected chi connectivity index (χ3v) is 6.47. The molecular weight excluding hydrogens is 312 g/mol. The first-order valence-corrected chi connectivity index (χ1v) is 9.68. The Balaban J connectivity index is 1.27. The van der Waals surface area contributed by atoms with Crippen LogP contribution in [-0.2, 0) is 4.79 Å². The van der Waals surface area contributed by atoms with Gasteiger partial charge in [-0.25, -0.2) is 0 Å². The van der Waals surface area contributed by atoms with E-state index in [2.05, 4.69) is 10.6 Å². The van der Waals surface area contributed by atoms with Gasteiger partial charge < -0.3 is 10.6 Å². The van der Waals surface area contributed by atoms with E-state index >= 15 is 0 Å². The van der Waals surface area contributed by atoms with E-state index in [1.807, 2.05) is 31.2 Å². The van der Waals surface area contributed by atoms with E-state index in [0.29, 0.717) is 18.5 Å². The third kappa shape index (κ3) is 3.44. The van der Waals surface area contributed by atoms with Crippen molar-refractivity contribution >= 4 is 11.8 Å². The number of nitrogens with one attached hydrogen (secondary N) is 2. The van der Waals surface area contributed by atoms with Gasteiger partial charge in [0.25, 0.3) is 5.91 Å². The molecule has 5 rings (SSSR count). The molecule has 0 unspecified atom stereocenters. The van der Waals surface area contributed by atoms with E-state index in [1.165, 1.54) is 38.5 Å². The van der Waals surface area contributed by atoms with Gasteiger partial charge in [0.15, 0.2) is 0 Å². The minimum atomic E-state index is -0.0966. The zero-order chi connectivity index (χ0) is 17.4. The topological polar surface area (TPSA) is 58.2 Å². The van der Waals surface area contributed by atoms with E-state index in [-0.39, 0.29) is 17.4 Å². The molecule has 0 atom stereocenters. The molecular formula is C21H28N2O2. The molecule has 1 aromatic carbocycles. The molecule has 0 aliphatic heterocycles. The van der Waals surface area contributed by atoms with E-state index in [9.17, 15) is 9.59 Å². The van der Waals surface area contributed by atoms with E-state index in [0.717, 1.165) is 23.3 Å². The van der Waals surface area contributed by atoms with Gasteiger partial charge in [-0.05, 0) is 74.8 Å². The molecule has 4 saturated carbocycles. The minimum absolute atomic E-state index is 0.0614. The van der Waals surface area contributed by atoms with Crippen LogP contribution in [0.2, 0.25) is 0 Å².